The molecule has 1 aromatic rings. The first kappa shape index (κ1) is 19.4. The van der Waals surface area contributed by atoms with Crippen molar-refractivity contribution in [3.05, 3.63) is 29.3 Å². The van der Waals surface area contributed by atoms with Crippen LogP contribution in [0.2, 0.25) is 0 Å². The first-order valence-corrected chi connectivity index (χ1v) is 8.71. The molecular formula is C18H27Cl2N3O. The molecule has 24 heavy (non-hydrogen) atoms. The Morgan fingerprint density at radius 2 is 1.88 bits per heavy atom. The first-order chi connectivity index (χ1) is 10.8. The molecule has 0 aromatic heterocycles. The normalized spacial score (nSPS) is 23.0. The van der Waals surface area contributed by atoms with Gasteiger partial charge in [-0.1, -0.05) is 0 Å². The van der Waals surface area contributed by atoms with E-state index in [4.69, 9.17) is 0 Å². The number of amides is 1. The molecule has 1 unspecified atom stereocenters. The van der Waals surface area contributed by atoms with Gasteiger partial charge in [0.1, 0.15) is 0 Å². The molecule has 0 aliphatic carbocycles. The van der Waals surface area contributed by atoms with E-state index in [1.165, 1.54) is 43.6 Å². The minimum absolute atomic E-state index is 0. The third kappa shape index (κ3) is 3.81. The molecule has 0 spiro atoms. The summed E-state index contributed by atoms with van der Waals surface area (Å²) < 4.78 is 0. The van der Waals surface area contributed by atoms with E-state index in [2.05, 4.69) is 27.2 Å². The van der Waals surface area contributed by atoms with Gasteiger partial charge in [-0.3, -0.25) is 9.69 Å². The number of piperidine rings is 1. The Hall–Kier alpha value is -0.970. The van der Waals surface area contributed by atoms with E-state index in [1.807, 2.05) is 6.07 Å². The molecule has 1 amide bonds. The number of nitrogens with zero attached hydrogens (tertiary/aromatic N) is 2. The summed E-state index contributed by atoms with van der Waals surface area (Å²) in [6.45, 7) is 5.26. The second kappa shape index (κ2) is 8.41. The number of anilines is 1. The average Bonchev–Trinajstić information content (AvgIpc) is 3.25. The van der Waals surface area contributed by atoms with Crippen molar-refractivity contribution < 1.29 is 4.79 Å². The lowest BCUT2D eigenvalue weighted by atomic mass is 10.0. The van der Waals surface area contributed by atoms with Crippen molar-refractivity contribution in [1.29, 1.82) is 0 Å². The van der Waals surface area contributed by atoms with Gasteiger partial charge in [-0.15, -0.1) is 24.8 Å². The minimum atomic E-state index is 0. The van der Waals surface area contributed by atoms with Crippen LogP contribution in [0.1, 0.15) is 41.6 Å². The molecule has 0 saturated carbocycles. The van der Waals surface area contributed by atoms with E-state index in [1.54, 1.807) is 0 Å². The zero-order valence-electron chi connectivity index (χ0n) is 14.0. The Bertz CT molecular complexity index is 575. The third-order valence-electron chi connectivity index (χ3n) is 5.40. The molecule has 4 nitrogen and oxygen atoms in total. The van der Waals surface area contributed by atoms with Gasteiger partial charge in [-0.05, 0) is 69.0 Å². The van der Waals surface area contributed by atoms with Crippen LogP contribution in [0.4, 0.5) is 5.69 Å². The van der Waals surface area contributed by atoms with Crippen LogP contribution in [-0.4, -0.2) is 54.5 Å². The molecule has 2 saturated heterocycles. The fraction of sp³-hybridized carbons (Fsp3) is 0.611. The van der Waals surface area contributed by atoms with Gasteiger partial charge in [0, 0.05) is 36.9 Å². The number of benzene rings is 1. The van der Waals surface area contributed by atoms with Crippen molar-refractivity contribution in [2.45, 2.75) is 38.1 Å². The van der Waals surface area contributed by atoms with Gasteiger partial charge in [0.15, 0.2) is 0 Å². The number of halogens is 2. The van der Waals surface area contributed by atoms with Gasteiger partial charge in [-0.25, -0.2) is 0 Å². The maximum absolute atomic E-state index is 12.8. The Kier molecular flexibility index (Phi) is 6.79. The zero-order valence-corrected chi connectivity index (χ0v) is 15.6. The molecule has 4 rings (SSSR count). The third-order valence-corrected chi connectivity index (χ3v) is 5.40. The van der Waals surface area contributed by atoms with Crippen LogP contribution in [0, 0.1) is 0 Å². The van der Waals surface area contributed by atoms with Crippen LogP contribution in [-0.2, 0) is 6.42 Å². The van der Waals surface area contributed by atoms with E-state index in [-0.39, 0.29) is 30.7 Å². The smallest absolute Gasteiger partial charge is 0.253 e. The minimum Gasteiger partial charge on any atom is -0.384 e. The lowest BCUT2D eigenvalue weighted by molar-refractivity contribution is 0.0608. The second-order valence-corrected chi connectivity index (χ2v) is 6.84. The fourth-order valence-corrected chi connectivity index (χ4v) is 4.16. The number of nitrogens with one attached hydrogen (secondary N) is 1. The van der Waals surface area contributed by atoms with Crippen LogP contribution in [0.15, 0.2) is 18.2 Å². The molecule has 1 atom stereocenters. The summed E-state index contributed by atoms with van der Waals surface area (Å²) >= 11 is 0. The monoisotopic (exact) mass is 371 g/mol. The molecule has 0 radical (unpaired) electrons. The summed E-state index contributed by atoms with van der Waals surface area (Å²) in [7, 11) is 0. The van der Waals surface area contributed by atoms with Gasteiger partial charge < -0.3 is 10.2 Å². The van der Waals surface area contributed by atoms with Crippen molar-refractivity contribution >= 4 is 36.4 Å². The van der Waals surface area contributed by atoms with Crippen LogP contribution < -0.4 is 5.32 Å². The summed E-state index contributed by atoms with van der Waals surface area (Å²) in [4.78, 5) is 17.5. The number of carbonyl (C=O) groups is 1. The molecule has 3 heterocycles. The van der Waals surface area contributed by atoms with Crippen molar-refractivity contribution in [3.63, 3.8) is 0 Å². The molecular weight excluding hydrogens is 345 g/mol. The predicted molar refractivity (Wildman–Crippen MR) is 103 cm³/mol. The Morgan fingerprint density at radius 1 is 1.08 bits per heavy atom. The highest BCUT2D eigenvalue weighted by Crippen LogP contribution is 2.25. The van der Waals surface area contributed by atoms with E-state index in [0.29, 0.717) is 6.04 Å². The van der Waals surface area contributed by atoms with Gasteiger partial charge in [0.05, 0.1) is 0 Å². The Labute approximate surface area is 156 Å². The maximum atomic E-state index is 12.8. The molecule has 1 aromatic carbocycles. The molecule has 3 aliphatic rings. The molecule has 134 valence electrons. The van der Waals surface area contributed by atoms with Crippen LogP contribution in [0.25, 0.3) is 0 Å². The van der Waals surface area contributed by atoms with Crippen molar-refractivity contribution in [2.24, 2.45) is 0 Å². The van der Waals surface area contributed by atoms with Crippen LogP contribution >= 0.6 is 24.8 Å². The topological polar surface area (TPSA) is 35.6 Å². The lowest BCUT2D eigenvalue weighted by Gasteiger charge is -2.37. The number of rotatable bonds is 2. The number of fused-ring (bicyclic) bond motifs is 1. The second-order valence-electron chi connectivity index (χ2n) is 6.84. The van der Waals surface area contributed by atoms with Gasteiger partial charge in [0.25, 0.3) is 5.91 Å². The number of hydrogen-bond donors (Lipinski definition) is 1. The van der Waals surface area contributed by atoms with Gasteiger partial charge in [0.2, 0.25) is 0 Å². The van der Waals surface area contributed by atoms with Crippen molar-refractivity contribution in [1.82, 2.24) is 9.80 Å². The Morgan fingerprint density at radius 3 is 2.67 bits per heavy atom. The zero-order chi connectivity index (χ0) is 14.9. The highest BCUT2D eigenvalue weighted by atomic mass is 35.5. The number of carbonyl (C=O) groups excluding carboxylic acids is 1. The SMILES string of the molecule is Cl.Cl.O=C(c1ccc2c(c1)CCN2)N1CCCC(N2CCCC2)C1. The lowest BCUT2D eigenvalue weighted by Crippen LogP contribution is -2.49. The molecule has 6 heteroatoms. The summed E-state index contributed by atoms with van der Waals surface area (Å²) in [5.74, 6) is 0.221. The van der Waals surface area contributed by atoms with Crippen molar-refractivity contribution in [3.8, 4) is 0 Å². The fourth-order valence-electron chi connectivity index (χ4n) is 4.16. The van der Waals surface area contributed by atoms with Crippen molar-refractivity contribution in [2.75, 3.05) is 38.0 Å². The standard InChI is InChI=1S/C18H25N3O.2ClH/c22-18(15-5-6-17-14(12-15)7-8-19-17)21-11-3-4-16(13-21)20-9-1-2-10-20;;/h5-6,12,16,19H,1-4,7-11,13H2;2*1H. The van der Waals surface area contributed by atoms with Gasteiger partial charge >= 0.3 is 0 Å². The number of hydrogen-bond acceptors (Lipinski definition) is 3. The first-order valence-electron chi connectivity index (χ1n) is 8.71. The quantitative estimate of drug-likeness (QED) is 0.866. The highest BCUT2D eigenvalue weighted by Gasteiger charge is 2.29. The maximum Gasteiger partial charge on any atom is 0.253 e. The molecule has 2 fully saturated rings. The van der Waals surface area contributed by atoms with Crippen LogP contribution in [0.5, 0.6) is 0 Å². The van der Waals surface area contributed by atoms with E-state index in [0.717, 1.165) is 38.0 Å². The average molecular weight is 372 g/mol. The predicted octanol–water partition coefficient (Wildman–Crippen LogP) is 3.20. The Balaban J connectivity index is 0.00000104. The summed E-state index contributed by atoms with van der Waals surface area (Å²) in [6, 6.07) is 6.73. The summed E-state index contributed by atoms with van der Waals surface area (Å²) in [6.07, 6.45) is 6.06. The number of likely N-dealkylation sites (tertiary alicyclic amines) is 2. The summed E-state index contributed by atoms with van der Waals surface area (Å²) in [5.41, 5.74) is 3.36. The van der Waals surface area contributed by atoms with Gasteiger partial charge in [-0.2, -0.15) is 0 Å². The van der Waals surface area contributed by atoms with Crippen LogP contribution in [0.3, 0.4) is 0 Å². The largest absolute Gasteiger partial charge is 0.384 e. The molecule has 1 N–H and O–H groups in total. The van der Waals surface area contributed by atoms with E-state index >= 15 is 0 Å². The highest BCUT2D eigenvalue weighted by molar-refractivity contribution is 5.95. The summed E-state index contributed by atoms with van der Waals surface area (Å²) in [5, 5.41) is 3.36. The molecule has 3 aliphatic heterocycles. The van der Waals surface area contributed by atoms with E-state index in [9.17, 15) is 4.79 Å². The molecule has 0 bridgehead atoms. The van der Waals surface area contributed by atoms with E-state index < -0.39 is 0 Å².